The van der Waals surface area contributed by atoms with Gasteiger partial charge in [-0.25, -0.2) is 0 Å². The average Bonchev–Trinajstić information content (AvgIpc) is 2.38. The number of nitrogens with zero attached hydrogens (tertiary/aromatic N) is 1. The molecule has 0 saturated heterocycles. The first-order chi connectivity index (χ1) is 9.02. The molecule has 100 valence electrons. The van der Waals surface area contributed by atoms with Crippen LogP contribution in [0.3, 0.4) is 0 Å². The lowest BCUT2D eigenvalue weighted by molar-refractivity contribution is 0.247. The van der Waals surface area contributed by atoms with Gasteiger partial charge in [-0.05, 0) is 25.5 Å². The fraction of sp³-hybridized carbons (Fsp3) is 0.267. The summed E-state index contributed by atoms with van der Waals surface area (Å²) in [4.78, 5) is 12.2. The standard InChI is InChI=1S/C15H16ClNO2/c1-10-3-5-12(6-4-10)14(9-18)17-8-13(16)7-11(2)15(17)19/h3-8,14,18H,9H2,1-2H3. The number of benzene rings is 1. The SMILES string of the molecule is Cc1ccc(C(CO)n2cc(Cl)cc(C)c2=O)cc1. The first-order valence-corrected chi connectivity index (χ1v) is 6.46. The molecule has 1 N–H and O–H groups in total. The van der Waals surface area contributed by atoms with Gasteiger partial charge < -0.3 is 9.67 Å². The number of aliphatic hydroxyl groups excluding tert-OH is 1. The van der Waals surface area contributed by atoms with Crippen LogP contribution >= 0.6 is 11.6 Å². The molecule has 1 heterocycles. The Morgan fingerprint density at radius 2 is 1.89 bits per heavy atom. The number of pyridine rings is 1. The highest BCUT2D eigenvalue weighted by Crippen LogP contribution is 2.19. The molecule has 2 rings (SSSR count). The normalized spacial score (nSPS) is 12.4. The highest BCUT2D eigenvalue weighted by molar-refractivity contribution is 6.30. The molecule has 0 aliphatic carbocycles. The van der Waals surface area contributed by atoms with Crippen molar-refractivity contribution in [2.75, 3.05) is 6.61 Å². The zero-order chi connectivity index (χ0) is 14.0. The maximum atomic E-state index is 12.2. The van der Waals surface area contributed by atoms with E-state index in [0.717, 1.165) is 11.1 Å². The highest BCUT2D eigenvalue weighted by Gasteiger charge is 2.15. The monoisotopic (exact) mass is 277 g/mol. The van der Waals surface area contributed by atoms with Crippen LogP contribution < -0.4 is 5.56 Å². The summed E-state index contributed by atoms with van der Waals surface area (Å²) in [6.45, 7) is 3.56. The lowest BCUT2D eigenvalue weighted by atomic mass is 10.1. The van der Waals surface area contributed by atoms with E-state index in [1.807, 2.05) is 31.2 Å². The predicted molar refractivity (Wildman–Crippen MR) is 76.9 cm³/mol. The summed E-state index contributed by atoms with van der Waals surface area (Å²) in [6.07, 6.45) is 1.57. The van der Waals surface area contributed by atoms with Gasteiger partial charge in [0.15, 0.2) is 0 Å². The topological polar surface area (TPSA) is 42.2 Å². The van der Waals surface area contributed by atoms with Crippen LogP contribution in [0.15, 0.2) is 41.3 Å². The third-order valence-electron chi connectivity index (χ3n) is 3.16. The first kappa shape index (κ1) is 13.8. The molecule has 4 heteroatoms. The Kier molecular flexibility index (Phi) is 4.08. The quantitative estimate of drug-likeness (QED) is 0.937. The molecule has 0 bridgehead atoms. The molecule has 0 spiro atoms. The second-order valence-electron chi connectivity index (χ2n) is 4.66. The van der Waals surface area contributed by atoms with Crippen molar-refractivity contribution in [2.45, 2.75) is 19.9 Å². The van der Waals surface area contributed by atoms with Gasteiger partial charge in [0.1, 0.15) is 0 Å². The van der Waals surface area contributed by atoms with Crippen molar-refractivity contribution >= 4 is 11.6 Å². The van der Waals surface area contributed by atoms with Crippen molar-refractivity contribution in [2.24, 2.45) is 0 Å². The summed E-state index contributed by atoms with van der Waals surface area (Å²) in [6, 6.07) is 8.97. The van der Waals surface area contributed by atoms with Crippen LogP contribution in [0.2, 0.25) is 5.02 Å². The van der Waals surface area contributed by atoms with Gasteiger partial charge in [-0.3, -0.25) is 4.79 Å². The van der Waals surface area contributed by atoms with E-state index in [1.54, 1.807) is 19.2 Å². The third kappa shape index (κ3) is 2.88. The molecule has 3 nitrogen and oxygen atoms in total. The molecule has 0 aliphatic heterocycles. The van der Waals surface area contributed by atoms with Crippen LogP contribution in [0.25, 0.3) is 0 Å². The minimum atomic E-state index is -0.412. The van der Waals surface area contributed by atoms with E-state index in [-0.39, 0.29) is 12.2 Å². The van der Waals surface area contributed by atoms with Gasteiger partial charge in [-0.15, -0.1) is 0 Å². The molecule has 0 radical (unpaired) electrons. The fourth-order valence-electron chi connectivity index (χ4n) is 2.08. The van der Waals surface area contributed by atoms with Gasteiger partial charge in [0.05, 0.1) is 17.7 Å². The molecular weight excluding hydrogens is 262 g/mol. The Balaban J connectivity index is 2.54. The van der Waals surface area contributed by atoms with Crippen molar-refractivity contribution in [3.63, 3.8) is 0 Å². The van der Waals surface area contributed by atoms with E-state index in [4.69, 9.17) is 11.6 Å². The molecule has 1 unspecified atom stereocenters. The van der Waals surface area contributed by atoms with Crippen molar-refractivity contribution in [3.05, 3.63) is 68.6 Å². The second kappa shape index (κ2) is 5.59. The Labute approximate surface area is 117 Å². The molecule has 0 fully saturated rings. The zero-order valence-corrected chi connectivity index (χ0v) is 11.7. The van der Waals surface area contributed by atoms with Crippen molar-refractivity contribution in [3.8, 4) is 0 Å². The zero-order valence-electron chi connectivity index (χ0n) is 10.9. The molecule has 1 atom stereocenters. The lowest BCUT2D eigenvalue weighted by Gasteiger charge is -2.19. The summed E-state index contributed by atoms with van der Waals surface area (Å²) >= 11 is 5.99. The molecular formula is C15H16ClNO2. The minimum Gasteiger partial charge on any atom is -0.394 e. The van der Waals surface area contributed by atoms with Gasteiger partial charge in [0.2, 0.25) is 0 Å². The molecule has 1 aromatic carbocycles. The number of hydrogen-bond acceptors (Lipinski definition) is 2. The second-order valence-corrected chi connectivity index (χ2v) is 5.10. The van der Waals surface area contributed by atoms with Gasteiger partial charge >= 0.3 is 0 Å². The summed E-state index contributed by atoms with van der Waals surface area (Å²) in [7, 11) is 0. The van der Waals surface area contributed by atoms with Gasteiger partial charge in [0.25, 0.3) is 5.56 Å². The van der Waals surface area contributed by atoms with Crippen LogP contribution in [-0.2, 0) is 0 Å². The average molecular weight is 278 g/mol. The Bertz CT molecular complexity index is 632. The summed E-state index contributed by atoms with van der Waals surface area (Å²) in [5, 5.41) is 10.1. The van der Waals surface area contributed by atoms with Gasteiger partial charge in [-0.1, -0.05) is 41.4 Å². The molecule has 0 amide bonds. The van der Waals surface area contributed by atoms with Crippen LogP contribution in [0.1, 0.15) is 22.7 Å². The molecule has 0 aliphatic rings. The summed E-state index contributed by atoms with van der Waals surface area (Å²) < 4.78 is 1.49. The van der Waals surface area contributed by atoms with Crippen molar-refractivity contribution < 1.29 is 5.11 Å². The van der Waals surface area contributed by atoms with Crippen LogP contribution in [0.4, 0.5) is 0 Å². The van der Waals surface area contributed by atoms with E-state index in [0.29, 0.717) is 10.6 Å². The Hall–Kier alpha value is -1.58. The van der Waals surface area contributed by atoms with E-state index in [9.17, 15) is 9.90 Å². The van der Waals surface area contributed by atoms with Crippen LogP contribution in [-0.4, -0.2) is 16.3 Å². The third-order valence-corrected chi connectivity index (χ3v) is 3.37. The number of rotatable bonds is 3. The van der Waals surface area contributed by atoms with Crippen LogP contribution in [0, 0.1) is 13.8 Å². The maximum absolute atomic E-state index is 12.2. The number of hydrogen-bond donors (Lipinski definition) is 1. The van der Waals surface area contributed by atoms with E-state index in [1.165, 1.54) is 4.57 Å². The molecule has 0 saturated carbocycles. The van der Waals surface area contributed by atoms with Crippen LogP contribution in [0.5, 0.6) is 0 Å². The largest absolute Gasteiger partial charge is 0.394 e. The van der Waals surface area contributed by atoms with E-state index >= 15 is 0 Å². The van der Waals surface area contributed by atoms with Crippen molar-refractivity contribution in [1.82, 2.24) is 4.57 Å². The molecule has 2 aromatic rings. The number of halogens is 1. The number of aliphatic hydroxyl groups is 1. The summed E-state index contributed by atoms with van der Waals surface area (Å²) in [5.74, 6) is 0. The first-order valence-electron chi connectivity index (χ1n) is 6.08. The fourth-order valence-corrected chi connectivity index (χ4v) is 2.34. The Morgan fingerprint density at radius 1 is 1.26 bits per heavy atom. The molecule has 19 heavy (non-hydrogen) atoms. The number of aryl methyl sites for hydroxylation is 2. The lowest BCUT2D eigenvalue weighted by Crippen LogP contribution is -2.28. The minimum absolute atomic E-state index is 0.135. The highest BCUT2D eigenvalue weighted by atomic mass is 35.5. The Morgan fingerprint density at radius 3 is 2.47 bits per heavy atom. The van der Waals surface area contributed by atoms with E-state index < -0.39 is 6.04 Å². The van der Waals surface area contributed by atoms with E-state index in [2.05, 4.69) is 0 Å². The van der Waals surface area contributed by atoms with Gasteiger partial charge in [0, 0.05) is 11.8 Å². The number of aromatic nitrogens is 1. The van der Waals surface area contributed by atoms with Gasteiger partial charge in [-0.2, -0.15) is 0 Å². The molecule has 1 aromatic heterocycles. The summed E-state index contributed by atoms with van der Waals surface area (Å²) in [5.41, 5.74) is 2.45. The van der Waals surface area contributed by atoms with Crippen molar-refractivity contribution in [1.29, 1.82) is 0 Å². The predicted octanol–water partition coefficient (Wildman–Crippen LogP) is 2.70. The smallest absolute Gasteiger partial charge is 0.254 e. The maximum Gasteiger partial charge on any atom is 0.254 e.